The summed E-state index contributed by atoms with van der Waals surface area (Å²) in [6.07, 6.45) is -0.296. The molecule has 0 heterocycles. The Hall–Kier alpha value is -1.71. The van der Waals surface area contributed by atoms with Crippen LogP contribution in [0.4, 0.5) is 11.4 Å². The summed E-state index contributed by atoms with van der Waals surface area (Å²) < 4.78 is 5.00. The van der Waals surface area contributed by atoms with E-state index >= 15 is 0 Å². The molecule has 0 saturated carbocycles. The molecule has 0 radical (unpaired) electrons. The Kier molecular flexibility index (Phi) is 2.96. The highest BCUT2D eigenvalue weighted by molar-refractivity contribution is 5.67. The van der Waals surface area contributed by atoms with E-state index in [0.29, 0.717) is 11.4 Å². The summed E-state index contributed by atoms with van der Waals surface area (Å²) >= 11 is 0. The molecule has 14 heavy (non-hydrogen) atoms. The quantitative estimate of drug-likeness (QED) is 0.552. The summed E-state index contributed by atoms with van der Waals surface area (Å²) in [5.74, 6) is -0.312. The van der Waals surface area contributed by atoms with Crippen LogP contribution in [0.3, 0.4) is 0 Å². The molecular weight excluding hydrogens is 180 g/mol. The Morgan fingerprint density at radius 1 is 1.36 bits per heavy atom. The molecule has 0 bridgehead atoms. The Morgan fingerprint density at radius 2 is 2.00 bits per heavy atom. The molecule has 1 atom stereocenters. The van der Waals surface area contributed by atoms with Gasteiger partial charge in [0.05, 0.1) is 11.4 Å². The van der Waals surface area contributed by atoms with Crippen LogP contribution in [0.5, 0.6) is 0 Å². The average molecular weight is 194 g/mol. The van der Waals surface area contributed by atoms with Gasteiger partial charge in [-0.15, -0.1) is 0 Å². The predicted molar refractivity (Wildman–Crippen MR) is 55.4 cm³/mol. The molecule has 0 aliphatic heterocycles. The summed E-state index contributed by atoms with van der Waals surface area (Å²) in [5, 5.41) is 0. The smallest absolute Gasteiger partial charge is 0.303 e. The molecule has 0 saturated heterocycles. The fourth-order valence-corrected chi connectivity index (χ4v) is 1.16. The largest absolute Gasteiger partial charge is 0.458 e. The fraction of sp³-hybridized carbons (Fsp3) is 0.300. The van der Waals surface area contributed by atoms with E-state index in [4.69, 9.17) is 16.2 Å². The third-order valence-corrected chi connectivity index (χ3v) is 1.92. The van der Waals surface area contributed by atoms with Gasteiger partial charge in [0.15, 0.2) is 0 Å². The Bertz CT molecular complexity index is 350. The SMILES string of the molecule is CC(=O)OC(C)c1ccc(N)c(N)c1. The van der Waals surface area contributed by atoms with Crippen LogP contribution in [0.2, 0.25) is 0 Å². The monoisotopic (exact) mass is 194 g/mol. The number of esters is 1. The highest BCUT2D eigenvalue weighted by atomic mass is 16.5. The zero-order valence-corrected chi connectivity index (χ0v) is 8.28. The van der Waals surface area contributed by atoms with Crippen molar-refractivity contribution in [1.82, 2.24) is 0 Å². The van der Waals surface area contributed by atoms with E-state index in [2.05, 4.69) is 0 Å². The summed E-state index contributed by atoms with van der Waals surface area (Å²) in [6.45, 7) is 3.16. The van der Waals surface area contributed by atoms with E-state index in [1.807, 2.05) is 0 Å². The third-order valence-electron chi connectivity index (χ3n) is 1.92. The van der Waals surface area contributed by atoms with Crippen molar-refractivity contribution in [1.29, 1.82) is 0 Å². The number of ether oxygens (including phenoxy) is 1. The fourth-order valence-electron chi connectivity index (χ4n) is 1.16. The number of nitrogen functional groups attached to an aromatic ring is 2. The van der Waals surface area contributed by atoms with E-state index in [9.17, 15) is 4.79 Å². The predicted octanol–water partition coefficient (Wildman–Crippen LogP) is 1.48. The van der Waals surface area contributed by atoms with Crippen LogP contribution in [0, 0.1) is 0 Å². The molecule has 1 unspecified atom stereocenters. The van der Waals surface area contributed by atoms with Crippen molar-refractivity contribution >= 4 is 17.3 Å². The molecule has 1 aromatic rings. The van der Waals surface area contributed by atoms with Crippen molar-refractivity contribution in [3.63, 3.8) is 0 Å². The molecule has 0 amide bonds. The van der Waals surface area contributed by atoms with Gasteiger partial charge >= 0.3 is 5.97 Å². The maximum atomic E-state index is 10.7. The van der Waals surface area contributed by atoms with E-state index < -0.39 is 0 Å². The number of carbonyl (C=O) groups is 1. The molecule has 0 fully saturated rings. The van der Waals surface area contributed by atoms with Gasteiger partial charge in [0.1, 0.15) is 6.10 Å². The van der Waals surface area contributed by atoms with Crippen LogP contribution < -0.4 is 11.5 Å². The van der Waals surface area contributed by atoms with Gasteiger partial charge in [0.2, 0.25) is 0 Å². The lowest BCUT2D eigenvalue weighted by atomic mass is 10.1. The van der Waals surface area contributed by atoms with Crippen molar-refractivity contribution in [2.45, 2.75) is 20.0 Å². The maximum Gasteiger partial charge on any atom is 0.303 e. The number of anilines is 2. The number of nitrogens with two attached hydrogens (primary N) is 2. The minimum absolute atomic E-state index is 0.296. The van der Waals surface area contributed by atoms with Gasteiger partial charge < -0.3 is 16.2 Å². The van der Waals surface area contributed by atoms with Crippen molar-refractivity contribution in [2.24, 2.45) is 0 Å². The molecule has 1 rings (SSSR count). The first-order valence-corrected chi connectivity index (χ1v) is 4.33. The van der Waals surface area contributed by atoms with Gasteiger partial charge in [-0.05, 0) is 24.6 Å². The minimum atomic E-state index is -0.312. The van der Waals surface area contributed by atoms with Crippen LogP contribution in [0.25, 0.3) is 0 Å². The second-order valence-corrected chi connectivity index (χ2v) is 3.14. The average Bonchev–Trinajstić information content (AvgIpc) is 2.08. The molecule has 0 aromatic heterocycles. The van der Waals surface area contributed by atoms with Gasteiger partial charge in [-0.2, -0.15) is 0 Å². The Morgan fingerprint density at radius 3 is 2.50 bits per heavy atom. The zero-order valence-electron chi connectivity index (χ0n) is 8.28. The molecule has 0 aliphatic rings. The van der Waals surface area contributed by atoms with Crippen LogP contribution in [-0.4, -0.2) is 5.97 Å². The molecule has 4 heteroatoms. The lowest BCUT2D eigenvalue weighted by molar-refractivity contribution is -0.145. The summed E-state index contributed by atoms with van der Waals surface area (Å²) in [4.78, 5) is 10.7. The number of carbonyl (C=O) groups excluding carboxylic acids is 1. The van der Waals surface area contributed by atoms with Gasteiger partial charge in [-0.3, -0.25) is 4.79 Å². The number of hydrogen-bond donors (Lipinski definition) is 2. The Labute approximate surface area is 82.8 Å². The third kappa shape index (κ3) is 2.39. The van der Waals surface area contributed by atoms with Crippen molar-refractivity contribution in [3.8, 4) is 0 Å². The van der Waals surface area contributed by atoms with Gasteiger partial charge in [0, 0.05) is 6.92 Å². The molecule has 76 valence electrons. The minimum Gasteiger partial charge on any atom is -0.458 e. The molecule has 0 spiro atoms. The van der Waals surface area contributed by atoms with Crippen LogP contribution >= 0.6 is 0 Å². The molecule has 4 N–H and O–H groups in total. The van der Waals surface area contributed by atoms with Gasteiger partial charge in [-0.25, -0.2) is 0 Å². The second-order valence-electron chi connectivity index (χ2n) is 3.14. The van der Waals surface area contributed by atoms with Gasteiger partial charge in [-0.1, -0.05) is 6.07 Å². The summed E-state index contributed by atoms with van der Waals surface area (Å²) in [5.41, 5.74) is 13.1. The summed E-state index contributed by atoms with van der Waals surface area (Å²) in [6, 6.07) is 5.20. The normalized spacial score (nSPS) is 12.1. The first-order chi connectivity index (χ1) is 6.50. The first kappa shape index (κ1) is 10.4. The maximum absolute atomic E-state index is 10.7. The zero-order chi connectivity index (χ0) is 10.7. The van der Waals surface area contributed by atoms with Crippen LogP contribution in [-0.2, 0) is 9.53 Å². The van der Waals surface area contributed by atoms with E-state index in [-0.39, 0.29) is 12.1 Å². The molecule has 0 aliphatic carbocycles. The lowest BCUT2D eigenvalue weighted by Gasteiger charge is -2.13. The van der Waals surface area contributed by atoms with E-state index in [0.717, 1.165) is 5.56 Å². The van der Waals surface area contributed by atoms with Crippen molar-refractivity contribution in [3.05, 3.63) is 23.8 Å². The highest BCUT2D eigenvalue weighted by Crippen LogP contribution is 2.23. The first-order valence-electron chi connectivity index (χ1n) is 4.33. The molecular formula is C10H14N2O2. The van der Waals surface area contributed by atoms with E-state index in [1.165, 1.54) is 6.92 Å². The topological polar surface area (TPSA) is 78.3 Å². The lowest BCUT2D eigenvalue weighted by Crippen LogP contribution is -2.05. The van der Waals surface area contributed by atoms with Gasteiger partial charge in [0.25, 0.3) is 0 Å². The van der Waals surface area contributed by atoms with Crippen molar-refractivity contribution < 1.29 is 9.53 Å². The van der Waals surface area contributed by atoms with Crippen LogP contribution in [0.15, 0.2) is 18.2 Å². The second kappa shape index (κ2) is 4.00. The Balaban J connectivity index is 2.85. The summed E-state index contributed by atoms with van der Waals surface area (Å²) in [7, 11) is 0. The number of hydrogen-bond acceptors (Lipinski definition) is 4. The standard InChI is InChI=1S/C10H14N2O2/c1-6(14-7(2)13)8-3-4-9(11)10(12)5-8/h3-6H,11-12H2,1-2H3. The van der Waals surface area contributed by atoms with Crippen molar-refractivity contribution in [2.75, 3.05) is 11.5 Å². The number of benzene rings is 1. The van der Waals surface area contributed by atoms with Crippen LogP contribution in [0.1, 0.15) is 25.5 Å². The highest BCUT2D eigenvalue weighted by Gasteiger charge is 2.09. The molecule has 4 nitrogen and oxygen atoms in total. The van der Waals surface area contributed by atoms with E-state index in [1.54, 1.807) is 25.1 Å². The molecule has 1 aromatic carbocycles. The number of rotatable bonds is 2.